The van der Waals surface area contributed by atoms with Crippen LogP contribution in [0.1, 0.15) is 0 Å². The summed E-state index contributed by atoms with van der Waals surface area (Å²) in [4.78, 5) is 16.7. The molecule has 0 N–H and O–H groups in total. The summed E-state index contributed by atoms with van der Waals surface area (Å²) in [7, 11) is 0. The number of rotatable bonds is 5. The number of aromatic nitrogens is 4. The van der Waals surface area contributed by atoms with Crippen LogP contribution in [-0.4, -0.2) is 19.5 Å². The minimum absolute atomic E-state index is 0.627. The van der Waals surface area contributed by atoms with E-state index in [4.69, 9.17) is 15.0 Å². The fraction of sp³-hybridized carbons (Fsp3) is 0. The molecule has 0 aliphatic rings. The Hall–Kier alpha value is -8.03. The Kier molecular flexibility index (Phi) is 7.99. The minimum atomic E-state index is 0.627. The van der Waals surface area contributed by atoms with Gasteiger partial charge in [0.1, 0.15) is 0 Å². The molecule has 0 unspecified atom stereocenters. The lowest BCUT2D eigenvalue weighted by atomic mass is 10.00. The first-order valence-electron chi connectivity index (χ1n) is 21.8. The van der Waals surface area contributed by atoms with Crippen molar-refractivity contribution in [1.82, 2.24) is 19.5 Å². The molecule has 0 radical (unpaired) electrons. The van der Waals surface area contributed by atoms with E-state index in [1.165, 1.54) is 62.6 Å². The van der Waals surface area contributed by atoms with Crippen LogP contribution < -0.4 is 0 Å². The highest BCUT2D eigenvalue weighted by molar-refractivity contribution is 7.26. The number of nitrogens with zero attached hydrogens (tertiary/aromatic N) is 4. The molecule has 14 aromatic rings. The summed E-state index contributed by atoms with van der Waals surface area (Å²) in [5.41, 5.74) is 8.43. The van der Waals surface area contributed by atoms with Crippen LogP contribution in [0, 0.1) is 0 Å². The van der Waals surface area contributed by atoms with Crippen molar-refractivity contribution < 1.29 is 0 Å². The first-order valence-corrected chi connectivity index (χ1v) is 23.5. The molecule has 0 atom stereocenters. The molecule has 4 heterocycles. The Bertz CT molecular complexity index is 4250. The SMILES string of the molecule is c1ccc(-c2cccc(-c3nc(-c4cccc5c4sc4ccccc45)nc(-c4c(-n5c6ccccc6c6cc7ccccc7cc65)ccc5sc6cc7ccccc7cc6c45)n3)c2)cc1. The number of fused-ring (bicyclic) bond motifs is 11. The second-order valence-corrected chi connectivity index (χ2v) is 18.9. The van der Waals surface area contributed by atoms with E-state index in [0.717, 1.165) is 54.6 Å². The Balaban J connectivity index is 1.13. The fourth-order valence-electron chi connectivity index (χ4n) is 10.00. The molecule has 14 rings (SSSR count). The van der Waals surface area contributed by atoms with Gasteiger partial charge in [0, 0.05) is 62.2 Å². The van der Waals surface area contributed by atoms with Crippen molar-refractivity contribution in [3.05, 3.63) is 206 Å². The predicted octanol–water partition coefficient (Wildman–Crippen LogP) is 16.7. The monoisotopic (exact) mass is 862 g/mol. The van der Waals surface area contributed by atoms with Gasteiger partial charge >= 0.3 is 0 Å². The highest BCUT2D eigenvalue weighted by atomic mass is 32.1. The second-order valence-electron chi connectivity index (χ2n) is 16.7. The van der Waals surface area contributed by atoms with Crippen LogP contribution in [0.4, 0.5) is 0 Å². The topological polar surface area (TPSA) is 43.6 Å². The van der Waals surface area contributed by atoms with Crippen LogP contribution in [0.2, 0.25) is 0 Å². The number of hydrogen-bond acceptors (Lipinski definition) is 5. The van der Waals surface area contributed by atoms with E-state index < -0.39 is 0 Å². The Morgan fingerprint density at radius 2 is 0.969 bits per heavy atom. The molecule has 0 fully saturated rings. The van der Waals surface area contributed by atoms with Crippen molar-refractivity contribution in [3.63, 3.8) is 0 Å². The largest absolute Gasteiger partial charge is 0.308 e. The zero-order valence-corrected chi connectivity index (χ0v) is 36.4. The van der Waals surface area contributed by atoms with E-state index >= 15 is 0 Å². The van der Waals surface area contributed by atoms with Crippen molar-refractivity contribution in [3.8, 4) is 51.0 Å². The molecular formula is C59H34N4S2. The molecule has 0 saturated carbocycles. The lowest BCUT2D eigenvalue weighted by Crippen LogP contribution is -2.04. The predicted molar refractivity (Wildman–Crippen MR) is 277 cm³/mol. The zero-order valence-electron chi connectivity index (χ0n) is 34.7. The van der Waals surface area contributed by atoms with Gasteiger partial charge in [0.15, 0.2) is 17.5 Å². The van der Waals surface area contributed by atoms with Gasteiger partial charge in [0.05, 0.1) is 22.3 Å². The number of para-hydroxylation sites is 1. The van der Waals surface area contributed by atoms with Crippen molar-refractivity contribution in [1.29, 1.82) is 0 Å². The molecular weight excluding hydrogens is 829 g/mol. The Labute approximate surface area is 381 Å². The van der Waals surface area contributed by atoms with Crippen molar-refractivity contribution in [2.24, 2.45) is 0 Å². The molecule has 0 aliphatic carbocycles. The molecule has 10 aromatic carbocycles. The molecule has 0 bridgehead atoms. The molecule has 0 amide bonds. The first-order chi connectivity index (χ1) is 32.2. The number of thiophene rings is 2. The van der Waals surface area contributed by atoms with Gasteiger partial charge < -0.3 is 4.57 Å². The average molecular weight is 863 g/mol. The standard InChI is InChI=1S/C59H34N4S2/c1-2-14-35(15-3-1)36-20-12-21-41(30-36)57-60-58(45-25-13-24-44-43-23-9-11-27-51(43)65-56(44)45)62-59(61-57)55-49(28-29-52-54(55)47-32-38-17-5-7-19-40(38)34-53(47)64-52)63-48-26-10-8-22-42(48)46-31-37-16-4-6-18-39(37)33-50(46)63/h1-34H. The van der Waals surface area contributed by atoms with E-state index in [2.05, 4.69) is 211 Å². The van der Waals surface area contributed by atoms with Crippen LogP contribution >= 0.6 is 22.7 Å². The molecule has 4 nitrogen and oxygen atoms in total. The highest BCUT2D eigenvalue weighted by Crippen LogP contribution is 2.47. The summed E-state index contributed by atoms with van der Waals surface area (Å²) in [6, 6.07) is 74.4. The van der Waals surface area contributed by atoms with Gasteiger partial charge in [-0.1, -0.05) is 146 Å². The summed E-state index contributed by atoms with van der Waals surface area (Å²) in [6.45, 7) is 0. The number of hydrogen-bond donors (Lipinski definition) is 0. The lowest BCUT2D eigenvalue weighted by molar-refractivity contribution is 1.07. The maximum Gasteiger partial charge on any atom is 0.166 e. The van der Waals surface area contributed by atoms with Crippen molar-refractivity contribution >= 4 is 106 Å². The maximum atomic E-state index is 5.66. The normalized spacial score (nSPS) is 12.0. The molecule has 0 aliphatic heterocycles. The third-order valence-corrected chi connectivity index (χ3v) is 15.3. The van der Waals surface area contributed by atoms with Gasteiger partial charge in [-0.25, -0.2) is 15.0 Å². The maximum absolute atomic E-state index is 5.66. The van der Waals surface area contributed by atoms with Crippen LogP contribution in [0.25, 0.3) is 135 Å². The van der Waals surface area contributed by atoms with Crippen molar-refractivity contribution in [2.45, 2.75) is 0 Å². The van der Waals surface area contributed by atoms with E-state index in [-0.39, 0.29) is 0 Å². The minimum Gasteiger partial charge on any atom is -0.308 e. The summed E-state index contributed by atoms with van der Waals surface area (Å²) >= 11 is 3.62. The van der Waals surface area contributed by atoms with E-state index in [0.29, 0.717) is 17.5 Å². The van der Waals surface area contributed by atoms with E-state index in [1.807, 2.05) is 11.3 Å². The quantitative estimate of drug-likeness (QED) is 0.173. The Morgan fingerprint density at radius 3 is 1.82 bits per heavy atom. The molecule has 4 aromatic heterocycles. The van der Waals surface area contributed by atoms with E-state index in [9.17, 15) is 0 Å². The third kappa shape index (κ3) is 5.71. The third-order valence-electron chi connectivity index (χ3n) is 13.0. The van der Waals surface area contributed by atoms with Crippen LogP contribution in [0.15, 0.2) is 206 Å². The van der Waals surface area contributed by atoms with E-state index in [1.54, 1.807) is 11.3 Å². The van der Waals surface area contributed by atoms with Gasteiger partial charge in [-0.15, -0.1) is 22.7 Å². The molecule has 6 heteroatoms. The van der Waals surface area contributed by atoms with Gasteiger partial charge in [0.2, 0.25) is 0 Å². The van der Waals surface area contributed by atoms with Crippen LogP contribution in [0.5, 0.6) is 0 Å². The molecule has 302 valence electrons. The average Bonchev–Trinajstić information content (AvgIpc) is 4.04. The molecule has 0 saturated heterocycles. The van der Waals surface area contributed by atoms with Gasteiger partial charge in [-0.05, 0) is 93.3 Å². The zero-order chi connectivity index (χ0) is 42.6. The second kappa shape index (κ2) is 14.2. The Morgan fingerprint density at radius 1 is 0.338 bits per heavy atom. The van der Waals surface area contributed by atoms with Crippen LogP contribution in [0.3, 0.4) is 0 Å². The van der Waals surface area contributed by atoms with Gasteiger partial charge in [-0.2, -0.15) is 0 Å². The molecule has 65 heavy (non-hydrogen) atoms. The number of benzene rings is 10. The fourth-order valence-corrected chi connectivity index (χ4v) is 12.4. The summed E-state index contributed by atoms with van der Waals surface area (Å²) in [5, 5.41) is 12.0. The first kappa shape index (κ1) is 36.5. The summed E-state index contributed by atoms with van der Waals surface area (Å²) in [6.07, 6.45) is 0. The smallest absolute Gasteiger partial charge is 0.166 e. The van der Waals surface area contributed by atoms with Gasteiger partial charge in [-0.3, -0.25) is 0 Å². The summed E-state index contributed by atoms with van der Waals surface area (Å²) < 4.78 is 7.26. The van der Waals surface area contributed by atoms with Crippen molar-refractivity contribution in [2.75, 3.05) is 0 Å². The van der Waals surface area contributed by atoms with Crippen LogP contribution in [-0.2, 0) is 0 Å². The highest BCUT2D eigenvalue weighted by Gasteiger charge is 2.25. The molecule has 0 spiro atoms. The van der Waals surface area contributed by atoms with Gasteiger partial charge in [0.25, 0.3) is 0 Å². The lowest BCUT2D eigenvalue weighted by Gasteiger charge is -2.17. The summed E-state index contributed by atoms with van der Waals surface area (Å²) in [5.74, 6) is 1.91.